The van der Waals surface area contributed by atoms with Gasteiger partial charge in [0, 0.05) is 22.3 Å². The first-order valence-corrected chi connectivity index (χ1v) is 8.07. The van der Waals surface area contributed by atoms with E-state index < -0.39 is 0 Å². The Morgan fingerprint density at radius 3 is 2.71 bits per heavy atom. The molecule has 0 amide bonds. The molecule has 1 unspecified atom stereocenters. The van der Waals surface area contributed by atoms with Gasteiger partial charge in [-0.1, -0.05) is 51.8 Å². The van der Waals surface area contributed by atoms with Crippen LogP contribution in [0.25, 0.3) is 0 Å². The van der Waals surface area contributed by atoms with Crippen LogP contribution in [0.15, 0.2) is 46.9 Å². The lowest BCUT2D eigenvalue weighted by Gasteiger charge is -2.19. The van der Waals surface area contributed by atoms with Crippen molar-refractivity contribution in [2.45, 2.75) is 19.4 Å². The number of hydrogen-bond donors (Lipinski definition) is 1. The highest BCUT2D eigenvalue weighted by Gasteiger charge is 2.11. The Hall–Kier alpha value is -1.03. The zero-order valence-electron chi connectivity index (χ0n) is 12.2. The lowest BCUT2D eigenvalue weighted by Crippen LogP contribution is -2.09. The third-order valence-electron chi connectivity index (χ3n) is 3.39. The Morgan fingerprint density at radius 1 is 1.24 bits per heavy atom. The summed E-state index contributed by atoms with van der Waals surface area (Å²) in [4.78, 5) is 0. The maximum absolute atomic E-state index is 6.32. The van der Waals surface area contributed by atoms with Gasteiger partial charge in [0.05, 0.1) is 12.6 Å². The van der Waals surface area contributed by atoms with E-state index in [1.54, 1.807) is 7.11 Å². The van der Waals surface area contributed by atoms with E-state index in [1.807, 2.05) is 30.3 Å². The molecule has 0 aliphatic heterocycles. The largest absolute Gasteiger partial charge is 0.384 e. The first kappa shape index (κ1) is 16.3. The second kappa shape index (κ2) is 7.83. The van der Waals surface area contributed by atoms with Gasteiger partial charge in [-0.3, -0.25) is 0 Å². The molecule has 2 aromatic carbocycles. The van der Waals surface area contributed by atoms with E-state index in [1.165, 1.54) is 5.56 Å². The van der Waals surface area contributed by atoms with Gasteiger partial charge in [-0.15, -0.1) is 0 Å². The topological polar surface area (TPSA) is 21.3 Å². The SMILES string of the molecule is COCCc1ccccc1NC(C)c1ccc(Br)cc1Cl. The molecule has 2 rings (SSSR count). The van der Waals surface area contributed by atoms with Gasteiger partial charge in [-0.05, 0) is 42.7 Å². The van der Waals surface area contributed by atoms with Crippen molar-refractivity contribution in [1.29, 1.82) is 0 Å². The fourth-order valence-electron chi connectivity index (χ4n) is 2.25. The number of rotatable bonds is 6. The minimum atomic E-state index is 0.134. The van der Waals surface area contributed by atoms with Crippen LogP contribution in [0, 0.1) is 0 Å². The van der Waals surface area contributed by atoms with Crippen LogP contribution in [0.5, 0.6) is 0 Å². The molecule has 0 aromatic heterocycles. The number of ether oxygens (including phenoxy) is 1. The molecule has 2 nitrogen and oxygen atoms in total. The van der Waals surface area contributed by atoms with Crippen LogP contribution in [0.2, 0.25) is 5.02 Å². The maximum atomic E-state index is 6.32. The second-order valence-electron chi connectivity index (χ2n) is 4.93. The molecule has 4 heteroatoms. The molecular weight excluding hydrogens is 350 g/mol. The van der Waals surface area contributed by atoms with Gasteiger partial charge in [0.15, 0.2) is 0 Å². The van der Waals surface area contributed by atoms with Crippen LogP contribution in [0.1, 0.15) is 24.1 Å². The summed E-state index contributed by atoms with van der Waals surface area (Å²) < 4.78 is 6.16. The average molecular weight is 369 g/mol. The van der Waals surface area contributed by atoms with Gasteiger partial charge in [-0.25, -0.2) is 0 Å². The van der Waals surface area contributed by atoms with Crippen LogP contribution in [0.4, 0.5) is 5.69 Å². The Kier molecular flexibility index (Phi) is 6.09. The molecular formula is C17H19BrClNO. The Morgan fingerprint density at radius 2 is 2.00 bits per heavy atom. The normalized spacial score (nSPS) is 12.2. The fourth-order valence-corrected chi connectivity index (χ4v) is 3.09. The van der Waals surface area contributed by atoms with Crippen LogP contribution in [-0.2, 0) is 11.2 Å². The van der Waals surface area contributed by atoms with Crippen LogP contribution in [0.3, 0.4) is 0 Å². The summed E-state index contributed by atoms with van der Waals surface area (Å²) in [6.07, 6.45) is 0.889. The number of methoxy groups -OCH3 is 1. The Balaban J connectivity index is 2.17. The third kappa shape index (κ3) is 4.47. The molecule has 2 aromatic rings. The predicted octanol–water partition coefficient (Wildman–Crippen LogP) is 5.46. The van der Waals surface area contributed by atoms with Crippen molar-refractivity contribution in [3.63, 3.8) is 0 Å². The van der Waals surface area contributed by atoms with E-state index in [0.717, 1.165) is 27.2 Å². The standard InChI is InChI=1S/C17H19BrClNO/c1-12(15-8-7-14(18)11-16(15)19)20-17-6-4-3-5-13(17)9-10-21-2/h3-8,11-12,20H,9-10H2,1-2H3. The Bertz CT molecular complexity index is 603. The first-order valence-electron chi connectivity index (χ1n) is 6.90. The zero-order valence-corrected chi connectivity index (χ0v) is 14.5. The fraction of sp³-hybridized carbons (Fsp3) is 0.294. The highest BCUT2D eigenvalue weighted by atomic mass is 79.9. The monoisotopic (exact) mass is 367 g/mol. The molecule has 0 spiro atoms. The van der Waals surface area contributed by atoms with E-state index in [0.29, 0.717) is 6.61 Å². The minimum absolute atomic E-state index is 0.134. The summed E-state index contributed by atoms with van der Waals surface area (Å²) in [5.41, 5.74) is 3.46. The van der Waals surface area contributed by atoms with Crippen molar-refractivity contribution in [3.05, 3.63) is 63.1 Å². The van der Waals surface area contributed by atoms with Gasteiger partial charge in [-0.2, -0.15) is 0 Å². The predicted molar refractivity (Wildman–Crippen MR) is 93.2 cm³/mol. The van der Waals surface area contributed by atoms with Crippen molar-refractivity contribution >= 4 is 33.2 Å². The number of benzene rings is 2. The highest BCUT2D eigenvalue weighted by Crippen LogP contribution is 2.29. The highest BCUT2D eigenvalue weighted by molar-refractivity contribution is 9.10. The van der Waals surface area contributed by atoms with Crippen LogP contribution in [-0.4, -0.2) is 13.7 Å². The molecule has 0 aliphatic carbocycles. The van der Waals surface area contributed by atoms with E-state index in [-0.39, 0.29) is 6.04 Å². The van der Waals surface area contributed by atoms with Crippen molar-refractivity contribution in [1.82, 2.24) is 0 Å². The molecule has 0 fully saturated rings. The molecule has 0 aliphatic rings. The Labute approximate surface area is 139 Å². The number of anilines is 1. The van der Waals surface area contributed by atoms with Crippen molar-refractivity contribution < 1.29 is 4.74 Å². The molecule has 0 bridgehead atoms. The number of para-hydroxylation sites is 1. The molecule has 0 radical (unpaired) electrons. The second-order valence-corrected chi connectivity index (χ2v) is 6.25. The first-order chi connectivity index (χ1) is 10.1. The quantitative estimate of drug-likeness (QED) is 0.730. The van der Waals surface area contributed by atoms with Crippen LogP contribution >= 0.6 is 27.5 Å². The molecule has 0 heterocycles. The summed E-state index contributed by atoms with van der Waals surface area (Å²) in [7, 11) is 1.72. The smallest absolute Gasteiger partial charge is 0.0503 e. The van der Waals surface area contributed by atoms with Gasteiger partial charge >= 0.3 is 0 Å². The summed E-state index contributed by atoms with van der Waals surface area (Å²) in [5, 5.41) is 4.30. The summed E-state index contributed by atoms with van der Waals surface area (Å²) in [6.45, 7) is 2.83. The van der Waals surface area contributed by atoms with Gasteiger partial charge in [0.2, 0.25) is 0 Å². The molecule has 1 atom stereocenters. The lowest BCUT2D eigenvalue weighted by atomic mass is 10.1. The van der Waals surface area contributed by atoms with Crippen LogP contribution < -0.4 is 5.32 Å². The number of nitrogens with one attached hydrogen (secondary N) is 1. The van der Waals surface area contributed by atoms with Gasteiger partial charge < -0.3 is 10.1 Å². The summed E-state index contributed by atoms with van der Waals surface area (Å²) in [6, 6.07) is 14.4. The summed E-state index contributed by atoms with van der Waals surface area (Å²) >= 11 is 9.76. The average Bonchev–Trinajstić information content (AvgIpc) is 2.46. The van der Waals surface area contributed by atoms with E-state index in [4.69, 9.17) is 16.3 Å². The lowest BCUT2D eigenvalue weighted by molar-refractivity contribution is 0.202. The molecule has 0 saturated heterocycles. The molecule has 1 N–H and O–H groups in total. The van der Waals surface area contributed by atoms with Crippen molar-refractivity contribution in [3.8, 4) is 0 Å². The van der Waals surface area contributed by atoms with Crippen molar-refractivity contribution in [2.24, 2.45) is 0 Å². The third-order valence-corrected chi connectivity index (χ3v) is 4.21. The molecule has 112 valence electrons. The number of halogens is 2. The maximum Gasteiger partial charge on any atom is 0.0503 e. The van der Waals surface area contributed by atoms with Gasteiger partial charge in [0.25, 0.3) is 0 Å². The van der Waals surface area contributed by atoms with Gasteiger partial charge in [0.1, 0.15) is 0 Å². The van der Waals surface area contributed by atoms with E-state index >= 15 is 0 Å². The zero-order chi connectivity index (χ0) is 15.2. The van der Waals surface area contributed by atoms with Crippen molar-refractivity contribution in [2.75, 3.05) is 19.0 Å². The minimum Gasteiger partial charge on any atom is -0.384 e. The molecule has 21 heavy (non-hydrogen) atoms. The molecule has 0 saturated carbocycles. The number of hydrogen-bond acceptors (Lipinski definition) is 2. The van der Waals surface area contributed by atoms with E-state index in [2.05, 4.69) is 40.3 Å². The van der Waals surface area contributed by atoms with E-state index in [9.17, 15) is 0 Å². The summed E-state index contributed by atoms with van der Waals surface area (Å²) in [5.74, 6) is 0.